The second-order valence-corrected chi connectivity index (χ2v) is 6.26. The van der Waals surface area contributed by atoms with E-state index in [4.69, 9.17) is 4.74 Å². The smallest absolute Gasteiger partial charge is 0.408 e. The Labute approximate surface area is 137 Å². The number of hydrogen-bond donors (Lipinski definition) is 2. The van der Waals surface area contributed by atoms with Crippen molar-refractivity contribution in [1.29, 1.82) is 0 Å². The number of carbonyl (C=O) groups excluding carboxylic acids is 2. The van der Waals surface area contributed by atoms with Crippen LogP contribution >= 0.6 is 0 Å². The summed E-state index contributed by atoms with van der Waals surface area (Å²) in [7, 11) is 1.34. The monoisotopic (exact) mass is 322 g/mol. The molecule has 128 valence electrons. The molecule has 0 aromatic heterocycles. The molecule has 2 unspecified atom stereocenters. The van der Waals surface area contributed by atoms with Gasteiger partial charge < -0.3 is 20.1 Å². The molecular formula is C17H26N2O4. The minimum atomic E-state index is -0.571. The average molecular weight is 322 g/mol. The fourth-order valence-electron chi connectivity index (χ4n) is 1.94. The van der Waals surface area contributed by atoms with Gasteiger partial charge in [-0.2, -0.15) is 0 Å². The van der Waals surface area contributed by atoms with E-state index in [-0.39, 0.29) is 12.0 Å². The number of carbonyl (C=O) groups is 2. The van der Waals surface area contributed by atoms with Gasteiger partial charge >= 0.3 is 12.1 Å². The van der Waals surface area contributed by atoms with Crippen LogP contribution in [0.15, 0.2) is 30.3 Å². The molecule has 0 aliphatic carbocycles. The van der Waals surface area contributed by atoms with E-state index >= 15 is 0 Å². The molecule has 6 heteroatoms. The molecule has 2 atom stereocenters. The van der Waals surface area contributed by atoms with Crippen LogP contribution in [0.4, 0.5) is 4.79 Å². The lowest BCUT2D eigenvalue weighted by atomic mass is 10.1. The minimum Gasteiger partial charge on any atom is -0.468 e. The van der Waals surface area contributed by atoms with E-state index < -0.39 is 17.7 Å². The highest BCUT2D eigenvalue weighted by molar-refractivity contribution is 5.75. The number of benzene rings is 1. The third kappa shape index (κ3) is 7.15. The van der Waals surface area contributed by atoms with Crippen LogP contribution in [0.25, 0.3) is 0 Å². The Kier molecular flexibility index (Phi) is 7.03. The van der Waals surface area contributed by atoms with Gasteiger partial charge in [-0.15, -0.1) is 0 Å². The summed E-state index contributed by atoms with van der Waals surface area (Å²) in [4.78, 5) is 23.5. The van der Waals surface area contributed by atoms with E-state index in [1.807, 2.05) is 51.1 Å². The molecular weight excluding hydrogens is 296 g/mol. The standard InChI is InChI=1S/C17H26N2O4/c1-12(15(20)22-5)18-11-14(13-9-7-6-8-10-13)19-16(21)23-17(2,3)4/h6-10,12,14,18H,11H2,1-5H3,(H,19,21). The molecule has 2 N–H and O–H groups in total. The van der Waals surface area contributed by atoms with Crippen LogP contribution in [-0.2, 0) is 14.3 Å². The van der Waals surface area contributed by atoms with Crippen molar-refractivity contribution in [3.05, 3.63) is 35.9 Å². The zero-order valence-corrected chi connectivity index (χ0v) is 14.4. The summed E-state index contributed by atoms with van der Waals surface area (Å²) in [5.74, 6) is -0.353. The molecule has 1 aromatic carbocycles. The van der Waals surface area contributed by atoms with Gasteiger partial charge in [0.25, 0.3) is 0 Å². The van der Waals surface area contributed by atoms with Gasteiger partial charge in [0.1, 0.15) is 11.6 Å². The van der Waals surface area contributed by atoms with Crippen LogP contribution in [0.5, 0.6) is 0 Å². The molecule has 0 aliphatic heterocycles. The van der Waals surface area contributed by atoms with Gasteiger partial charge in [-0.05, 0) is 33.3 Å². The first kappa shape index (κ1) is 19.0. The van der Waals surface area contributed by atoms with Gasteiger partial charge in [0.05, 0.1) is 13.2 Å². The van der Waals surface area contributed by atoms with Crippen LogP contribution in [0.1, 0.15) is 39.3 Å². The van der Waals surface area contributed by atoms with Gasteiger partial charge in [-0.3, -0.25) is 4.79 Å². The van der Waals surface area contributed by atoms with E-state index in [0.717, 1.165) is 5.56 Å². The first-order valence-corrected chi connectivity index (χ1v) is 7.58. The maximum absolute atomic E-state index is 12.0. The van der Waals surface area contributed by atoms with Gasteiger partial charge in [0.2, 0.25) is 0 Å². The fourth-order valence-corrected chi connectivity index (χ4v) is 1.94. The predicted molar refractivity (Wildman–Crippen MR) is 88.0 cm³/mol. The number of alkyl carbamates (subject to hydrolysis) is 1. The number of methoxy groups -OCH3 is 1. The maximum atomic E-state index is 12.0. The normalized spacial score (nSPS) is 13.8. The summed E-state index contributed by atoms with van der Waals surface area (Å²) in [6, 6.07) is 8.72. The summed E-state index contributed by atoms with van der Waals surface area (Å²) >= 11 is 0. The largest absolute Gasteiger partial charge is 0.468 e. The first-order valence-electron chi connectivity index (χ1n) is 7.58. The summed E-state index contributed by atoms with van der Waals surface area (Å²) in [6.45, 7) is 7.51. The third-order valence-electron chi connectivity index (χ3n) is 3.08. The Morgan fingerprint density at radius 1 is 1.17 bits per heavy atom. The molecule has 0 radical (unpaired) electrons. The zero-order valence-electron chi connectivity index (χ0n) is 14.4. The highest BCUT2D eigenvalue weighted by Crippen LogP contribution is 2.14. The quantitative estimate of drug-likeness (QED) is 0.787. The van der Waals surface area contributed by atoms with Crippen molar-refractivity contribution in [3.8, 4) is 0 Å². The molecule has 0 spiro atoms. The summed E-state index contributed by atoms with van der Waals surface area (Å²) in [5, 5.41) is 5.88. The van der Waals surface area contributed by atoms with Crippen LogP contribution < -0.4 is 10.6 Å². The van der Waals surface area contributed by atoms with Crippen LogP contribution in [0.3, 0.4) is 0 Å². The molecule has 0 saturated carbocycles. The van der Waals surface area contributed by atoms with Crippen molar-refractivity contribution < 1.29 is 19.1 Å². The van der Waals surface area contributed by atoms with Crippen molar-refractivity contribution in [1.82, 2.24) is 10.6 Å². The zero-order chi connectivity index (χ0) is 17.5. The summed E-state index contributed by atoms with van der Waals surface area (Å²) < 4.78 is 9.98. The molecule has 0 bridgehead atoms. The van der Waals surface area contributed by atoms with Crippen molar-refractivity contribution in [2.24, 2.45) is 0 Å². The SMILES string of the molecule is COC(=O)C(C)NCC(NC(=O)OC(C)(C)C)c1ccccc1. The molecule has 0 heterocycles. The molecule has 1 rings (SSSR count). The number of esters is 1. The van der Waals surface area contributed by atoms with Crippen molar-refractivity contribution in [2.45, 2.75) is 45.4 Å². The van der Waals surface area contributed by atoms with Gasteiger partial charge in [0.15, 0.2) is 0 Å². The molecule has 1 amide bonds. The maximum Gasteiger partial charge on any atom is 0.408 e. The molecule has 0 aliphatic rings. The van der Waals surface area contributed by atoms with Gasteiger partial charge in [-0.25, -0.2) is 4.79 Å². The number of amides is 1. The second kappa shape index (κ2) is 8.53. The van der Waals surface area contributed by atoms with Crippen LogP contribution in [-0.4, -0.2) is 37.4 Å². The Morgan fingerprint density at radius 2 is 1.78 bits per heavy atom. The van der Waals surface area contributed by atoms with Crippen molar-refractivity contribution >= 4 is 12.1 Å². The van der Waals surface area contributed by atoms with E-state index in [0.29, 0.717) is 6.54 Å². The first-order chi connectivity index (χ1) is 10.7. The Bertz CT molecular complexity index is 511. The third-order valence-corrected chi connectivity index (χ3v) is 3.08. The minimum absolute atomic E-state index is 0.321. The lowest BCUT2D eigenvalue weighted by molar-refractivity contribution is -0.142. The Hall–Kier alpha value is -2.08. The highest BCUT2D eigenvalue weighted by Gasteiger charge is 2.22. The Balaban J connectivity index is 2.75. The summed E-state index contributed by atoms with van der Waals surface area (Å²) in [5.41, 5.74) is 0.348. The van der Waals surface area contributed by atoms with Crippen molar-refractivity contribution in [3.63, 3.8) is 0 Å². The average Bonchev–Trinajstić information content (AvgIpc) is 2.49. The predicted octanol–water partition coefficient (Wildman–Crippen LogP) is 2.40. The van der Waals surface area contributed by atoms with Gasteiger partial charge in [-0.1, -0.05) is 30.3 Å². The second-order valence-electron chi connectivity index (χ2n) is 6.26. The molecule has 0 saturated heterocycles. The molecule has 6 nitrogen and oxygen atoms in total. The summed E-state index contributed by atoms with van der Waals surface area (Å²) in [6.07, 6.45) is -0.501. The lowest BCUT2D eigenvalue weighted by Crippen LogP contribution is -2.43. The number of hydrogen-bond acceptors (Lipinski definition) is 5. The van der Waals surface area contributed by atoms with Crippen molar-refractivity contribution in [2.75, 3.05) is 13.7 Å². The molecule has 0 fully saturated rings. The van der Waals surface area contributed by atoms with E-state index in [9.17, 15) is 9.59 Å². The van der Waals surface area contributed by atoms with E-state index in [1.54, 1.807) is 6.92 Å². The van der Waals surface area contributed by atoms with E-state index in [2.05, 4.69) is 15.4 Å². The Morgan fingerprint density at radius 3 is 2.30 bits per heavy atom. The molecule has 23 heavy (non-hydrogen) atoms. The van der Waals surface area contributed by atoms with Crippen LogP contribution in [0, 0.1) is 0 Å². The number of nitrogens with one attached hydrogen (secondary N) is 2. The number of ether oxygens (including phenoxy) is 2. The highest BCUT2D eigenvalue weighted by atomic mass is 16.6. The molecule has 1 aromatic rings. The number of rotatable bonds is 6. The fraction of sp³-hybridized carbons (Fsp3) is 0.529. The van der Waals surface area contributed by atoms with E-state index in [1.165, 1.54) is 7.11 Å². The lowest BCUT2D eigenvalue weighted by Gasteiger charge is -2.25. The topological polar surface area (TPSA) is 76.7 Å². The van der Waals surface area contributed by atoms with Gasteiger partial charge in [0, 0.05) is 6.54 Å². The van der Waals surface area contributed by atoms with Crippen LogP contribution in [0.2, 0.25) is 0 Å².